The van der Waals surface area contributed by atoms with Gasteiger partial charge in [-0.1, -0.05) is 18.2 Å². The summed E-state index contributed by atoms with van der Waals surface area (Å²) in [7, 11) is -0.406. The van der Waals surface area contributed by atoms with Crippen molar-refractivity contribution in [2.24, 2.45) is 0 Å². The second kappa shape index (κ2) is 7.44. The maximum atomic E-state index is 11.9. The third kappa shape index (κ3) is 5.56. The summed E-state index contributed by atoms with van der Waals surface area (Å²) in [4.78, 5) is 0. The molecule has 0 radical (unpaired) electrons. The number of methoxy groups -OCH3 is 2. The van der Waals surface area contributed by atoms with Gasteiger partial charge in [-0.2, -0.15) is 0 Å². The van der Waals surface area contributed by atoms with E-state index in [0.29, 0.717) is 17.9 Å². The zero-order chi connectivity index (χ0) is 14.3. The molecule has 3 N–H and O–H groups in total. The molecule has 108 valence electrons. The Bertz CT molecular complexity index is 490. The first kappa shape index (κ1) is 15.9. The van der Waals surface area contributed by atoms with Crippen LogP contribution in [0.4, 0.5) is 5.69 Å². The lowest BCUT2D eigenvalue weighted by Gasteiger charge is -2.15. The van der Waals surface area contributed by atoms with Crippen molar-refractivity contribution in [3.05, 3.63) is 29.8 Å². The Hall–Kier alpha value is -1.15. The van der Waals surface area contributed by atoms with Crippen molar-refractivity contribution < 1.29 is 17.9 Å². The van der Waals surface area contributed by atoms with E-state index in [2.05, 4.69) is 4.72 Å². The van der Waals surface area contributed by atoms with Gasteiger partial charge >= 0.3 is 0 Å². The van der Waals surface area contributed by atoms with E-state index in [1.165, 1.54) is 14.2 Å². The predicted octanol–water partition coefficient (Wildman–Crippen LogP) is 0.350. The van der Waals surface area contributed by atoms with Gasteiger partial charge in [0.1, 0.15) is 0 Å². The molecule has 1 unspecified atom stereocenters. The molecular formula is C12H20N2O4S. The molecule has 0 saturated heterocycles. The summed E-state index contributed by atoms with van der Waals surface area (Å²) in [5, 5.41) is 0. The molecule has 0 spiro atoms. The minimum atomic E-state index is -3.45. The molecular weight excluding hydrogens is 268 g/mol. The van der Waals surface area contributed by atoms with Crippen LogP contribution in [0.1, 0.15) is 5.56 Å². The Labute approximate surface area is 113 Å². The number of benzene rings is 1. The van der Waals surface area contributed by atoms with Crippen molar-refractivity contribution in [2.45, 2.75) is 11.9 Å². The predicted molar refractivity (Wildman–Crippen MR) is 74.2 cm³/mol. The van der Waals surface area contributed by atoms with Gasteiger partial charge in [0.25, 0.3) is 0 Å². The van der Waals surface area contributed by atoms with E-state index < -0.39 is 10.0 Å². The number of nitrogens with one attached hydrogen (secondary N) is 1. The van der Waals surface area contributed by atoms with Crippen LogP contribution in [0, 0.1) is 0 Å². The van der Waals surface area contributed by atoms with Crippen molar-refractivity contribution in [1.82, 2.24) is 4.72 Å². The smallest absolute Gasteiger partial charge is 0.215 e. The second-order valence-corrected chi connectivity index (χ2v) is 5.93. The average Bonchev–Trinajstić information content (AvgIpc) is 2.37. The molecule has 0 aliphatic heterocycles. The average molecular weight is 288 g/mol. The third-order valence-electron chi connectivity index (χ3n) is 2.62. The molecule has 6 nitrogen and oxygen atoms in total. The fraction of sp³-hybridized carbons (Fsp3) is 0.500. The fourth-order valence-corrected chi connectivity index (χ4v) is 2.75. The number of nitrogens with two attached hydrogens (primary N) is 1. The van der Waals surface area contributed by atoms with Crippen molar-refractivity contribution in [2.75, 3.05) is 33.1 Å². The summed E-state index contributed by atoms with van der Waals surface area (Å²) in [6.07, 6.45) is -0.312. The van der Waals surface area contributed by atoms with Gasteiger partial charge in [0.2, 0.25) is 10.0 Å². The van der Waals surface area contributed by atoms with Gasteiger partial charge in [0, 0.05) is 26.5 Å². The highest BCUT2D eigenvalue weighted by molar-refractivity contribution is 7.88. The molecule has 0 aliphatic rings. The lowest BCUT2D eigenvalue weighted by Crippen LogP contribution is -2.36. The van der Waals surface area contributed by atoms with Crippen LogP contribution in [-0.4, -0.2) is 41.9 Å². The van der Waals surface area contributed by atoms with Crippen LogP contribution in [0.3, 0.4) is 0 Å². The zero-order valence-electron chi connectivity index (χ0n) is 11.1. The number of hydrogen-bond acceptors (Lipinski definition) is 5. The summed E-state index contributed by atoms with van der Waals surface area (Å²) in [6.45, 7) is 0.492. The Morgan fingerprint density at radius 1 is 1.32 bits per heavy atom. The van der Waals surface area contributed by atoms with Crippen LogP contribution in [0.5, 0.6) is 0 Å². The number of anilines is 1. The molecule has 19 heavy (non-hydrogen) atoms. The van der Waals surface area contributed by atoms with Gasteiger partial charge in [-0.05, 0) is 11.6 Å². The Balaban J connectivity index is 2.60. The quantitative estimate of drug-likeness (QED) is 0.674. The Morgan fingerprint density at radius 3 is 2.58 bits per heavy atom. The van der Waals surface area contributed by atoms with E-state index in [4.69, 9.17) is 15.2 Å². The highest BCUT2D eigenvalue weighted by Gasteiger charge is 2.16. The third-order valence-corrected chi connectivity index (χ3v) is 3.91. The maximum Gasteiger partial charge on any atom is 0.215 e. The molecule has 0 fully saturated rings. The number of nitrogen functional groups attached to an aromatic ring is 1. The van der Waals surface area contributed by atoms with Crippen LogP contribution in [-0.2, 0) is 25.2 Å². The van der Waals surface area contributed by atoms with Crippen LogP contribution in [0.25, 0.3) is 0 Å². The molecule has 0 aliphatic carbocycles. The lowest BCUT2D eigenvalue weighted by molar-refractivity contribution is 0.0320. The van der Waals surface area contributed by atoms with Crippen LogP contribution < -0.4 is 10.5 Å². The summed E-state index contributed by atoms with van der Waals surface area (Å²) < 4.78 is 36.3. The molecule has 0 saturated carbocycles. The highest BCUT2D eigenvalue weighted by atomic mass is 32.2. The van der Waals surface area contributed by atoms with Gasteiger partial charge in [-0.15, -0.1) is 0 Å². The molecule has 1 aromatic rings. The zero-order valence-corrected chi connectivity index (χ0v) is 11.9. The summed E-state index contributed by atoms with van der Waals surface area (Å²) in [5.41, 5.74) is 6.77. The van der Waals surface area contributed by atoms with E-state index in [1.54, 1.807) is 24.3 Å². The van der Waals surface area contributed by atoms with Gasteiger partial charge in [0.05, 0.1) is 18.5 Å². The lowest BCUT2D eigenvalue weighted by atomic mass is 10.2. The molecule has 0 aromatic heterocycles. The van der Waals surface area contributed by atoms with E-state index >= 15 is 0 Å². The number of hydrogen-bond donors (Lipinski definition) is 2. The summed E-state index contributed by atoms with van der Waals surface area (Å²) >= 11 is 0. The molecule has 1 rings (SSSR count). The summed E-state index contributed by atoms with van der Waals surface area (Å²) in [5.74, 6) is -0.150. The fourth-order valence-electron chi connectivity index (χ4n) is 1.54. The summed E-state index contributed by atoms with van der Waals surface area (Å²) in [6, 6.07) is 6.88. The van der Waals surface area contributed by atoms with E-state index in [0.717, 1.165) is 0 Å². The van der Waals surface area contributed by atoms with E-state index in [9.17, 15) is 8.42 Å². The van der Waals surface area contributed by atoms with Crippen molar-refractivity contribution in [3.8, 4) is 0 Å². The van der Waals surface area contributed by atoms with Crippen molar-refractivity contribution in [1.29, 1.82) is 0 Å². The molecule has 0 amide bonds. The van der Waals surface area contributed by atoms with E-state index in [-0.39, 0.29) is 18.4 Å². The number of rotatable bonds is 8. The molecule has 0 heterocycles. The van der Waals surface area contributed by atoms with Crippen molar-refractivity contribution >= 4 is 15.7 Å². The van der Waals surface area contributed by atoms with Crippen molar-refractivity contribution in [3.63, 3.8) is 0 Å². The SMILES string of the molecule is COCC(CNS(=O)(=O)Cc1ccccc1N)OC. The molecule has 0 bridgehead atoms. The minimum absolute atomic E-state index is 0.150. The normalized spacial score (nSPS) is 13.4. The van der Waals surface area contributed by atoms with Gasteiger partial charge in [0.15, 0.2) is 0 Å². The molecule has 1 aromatic carbocycles. The monoisotopic (exact) mass is 288 g/mol. The number of para-hydroxylation sites is 1. The number of ether oxygens (including phenoxy) is 2. The molecule has 1 atom stereocenters. The Kier molecular flexibility index (Phi) is 6.23. The van der Waals surface area contributed by atoms with Crippen LogP contribution in [0.2, 0.25) is 0 Å². The standard InChI is InChI=1S/C12H20N2O4S/c1-17-8-11(18-2)7-14-19(15,16)9-10-5-3-4-6-12(10)13/h3-6,11,14H,7-9,13H2,1-2H3. The highest BCUT2D eigenvalue weighted by Crippen LogP contribution is 2.13. The number of sulfonamides is 1. The minimum Gasteiger partial charge on any atom is -0.398 e. The van der Waals surface area contributed by atoms with Gasteiger partial charge in [-0.3, -0.25) is 0 Å². The van der Waals surface area contributed by atoms with Gasteiger partial charge < -0.3 is 15.2 Å². The van der Waals surface area contributed by atoms with Gasteiger partial charge in [-0.25, -0.2) is 13.1 Å². The van der Waals surface area contributed by atoms with Crippen LogP contribution in [0.15, 0.2) is 24.3 Å². The first-order chi connectivity index (χ1) is 8.98. The molecule has 7 heteroatoms. The first-order valence-corrected chi connectivity index (χ1v) is 7.46. The Morgan fingerprint density at radius 2 is 2.00 bits per heavy atom. The van der Waals surface area contributed by atoms with Crippen LogP contribution >= 0.6 is 0 Å². The topological polar surface area (TPSA) is 90.7 Å². The largest absolute Gasteiger partial charge is 0.398 e. The van der Waals surface area contributed by atoms with E-state index in [1.807, 2.05) is 0 Å². The maximum absolute atomic E-state index is 11.9. The second-order valence-electron chi connectivity index (χ2n) is 4.12. The first-order valence-electron chi connectivity index (χ1n) is 5.81.